The summed E-state index contributed by atoms with van der Waals surface area (Å²) in [5.41, 5.74) is -0.956. The molecule has 1 saturated heterocycles. The van der Waals surface area contributed by atoms with Crippen molar-refractivity contribution in [2.45, 2.75) is 51.7 Å². The van der Waals surface area contributed by atoms with Crippen LogP contribution in [-0.2, 0) is 14.6 Å². The number of carbonyl (C=O) groups excluding carboxylic acids is 1. The van der Waals surface area contributed by atoms with Gasteiger partial charge in [-0.1, -0.05) is 13.8 Å². The lowest BCUT2D eigenvalue weighted by molar-refractivity contribution is -0.128. The second-order valence-corrected chi connectivity index (χ2v) is 10.1. The van der Waals surface area contributed by atoms with E-state index in [1.807, 2.05) is 13.8 Å². The first-order valence-corrected chi connectivity index (χ1v) is 9.83. The number of β-amino-alcohol motifs (C(OH)–C–C–N with tert-alkyl or cyclic N) is 1. The van der Waals surface area contributed by atoms with E-state index in [-0.39, 0.29) is 28.7 Å². The minimum absolute atomic E-state index is 0.0667. The van der Waals surface area contributed by atoms with E-state index in [9.17, 15) is 18.3 Å². The van der Waals surface area contributed by atoms with E-state index in [0.717, 1.165) is 6.42 Å². The predicted octanol–water partition coefficient (Wildman–Crippen LogP) is 0.315. The SMILES string of the molecule is [B]N1C[C@H](O)CC1CS(=O)(=O)C[C@]12CCC(CC1=O)C2(C)C. The summed E-state index contributed by atoms with van der Waals surface area (Å²) < 4.78 is 25.4. The van der Waals surface area contributed by atoms with Crippen molar-refractivity contribution in [3.8, 4) is 0 Å². The zero-order valence-corrected chi connectivity index (χ0v) is 14.1. The summed E-state index contributed by atoms with van der Waals surface area (Å²) in [5.74, 6) is 0.293. The van der Waals surface area contributed by atoms with Gasteiger partial charge in [-0.05, 0) is 30.6 Å². The third-order valence-corrected chi connectivity index (χ3v) is 8.31. The van der Waals surface area contributed by atoms with Gasteiger partial charge in [0, 0.05) is 24.4 Å². The summed E-state index contributed by atoms with van der Waals surface area (Å²) in [5, 5.41) is 9.61. The number of aliphatic hydroxyl groups is 1. The molecule has 2 bridgehead atoms. The molecule has 2 radical (unpaired) electrons. The van der Waals surface area contributed by atoms with Crippen molar-refractivity contribution >= 4 is 23.6 Å². The molecule has 0 aromatic rings. The number of ketones is 1. The Balaban J connectivity index is 1.78. The second-order valence-electron chi connectivity index (χ2n) is 7.96. The van der Waals surface area contributed by atoms with E-state index in [4.69, 9.17) is 7.98 Å². The number of hydrogen-bond acceptors (Lipinski definition) is 5. The second kappa shape index (κ2) is 5.05. The molecule has 2 unspecified atom stereocenters. The number of hydrogen-bond donors (Lipinski definition) is 1. The average molecular weight is 325 g/mol. The van der Waals surface area contributed by atoms with Gasteiger partial charge >= 0.3 is 0 Å². The van der Waals surface area contributed by atoms with Crippen molar-refractivity contribution in [3.05, 3.63) is 0 Å². The van der Waals surface area contributed by atoms with Crippen molar-refractivity contribution < 1.29 is 18.3 Å². The molecule has 7 heteroatoms. The Morgan fingerprint density at radius 2 is 2.09 bits per heavy atom. The highest BCUT2D eigenvalue weighted by molar-refractivity contribution is 7.91. The fraction of sp³-hybridized carbons (Fsp3) is 0.933. The Morgan fingerprint density at radius 1 is 1.41 bits per heavy atom. The van der Waals surface area contributed by atoms with Crippen LogP contribution < -0.4 is 0 Å². The molecule has 1 N–H and O–H groups in total. The van der Waals surface area contributed by atoms with Crippen LogP contribution in [0.25, 0.3) is 0 Å². The predicted molar refractivity (Wildman–Crippen MR) is 84.1 cm³/mol. The van der Waals surface area contributed by atoms with Crippen LogP contribution in [0.1, 0.15) is 39.5 Å². The van der Waals surface area contributed by atoms with Gasteiger partial charge in [-0.3, -0.25) is 4.79 Å². The minimum Gasteiger partial charge on any atom is -0.392 e. The van der Waals surface area contributed by atoms with E-state index in [1.165, 1.54) is 4.81 Å². The number of carbonyl (C=O) groups is 1. The third kappa shape index (κ3) is 2.36. The highest BCUT2D eigenvalue weighted by atomic mass is 32.2. The summed E-state index contributed by atoms with van der Waals surface area (Å²) in [6.45, 7) is 4.39. The Hall–Kier alpha value is -0.395. The molecule has 0 spiro atoms. The maximum Gasteiger partial charge on any atom is 0.183 e. The molecule has 1 aliphatic heterocycles. The summed E-state index contributed by atoms with van der Waals surface area (Å²) in [6, 6.07) is -0.354. The standard InChI is InChI=1S/C15H24BNO4S/c1-14(2)10-3-4-15(14,13(19)5-10)9-22(20,21)8-11-6-12(18)7-17(11)16/h10-12,18H,3-9H2,1-2H3/t10?,11?,12-,15-/m1/s1. The van der Waals surface area contributed by atoms with E-state index >= 15 is 0 Å². The van der Waals surface area contributed by atoms with Gasteiger partial charge in [0.25, 0.3) is 0 Å². The smallest absolute Gasteiger partial charge is 0.183 e. The quantitative estimate of drug-likeness (QED) is 0.753. The highest BCUT2D eigenvalue weighted by Gasteiger charge is 2.65. The number of rotatable bonds is 4. The number of fused-ring (bicyclic) bond motifs is 2. The van der Waals surface area contributed by atoms with Gasteiger partial charge in [-0.2, -0.15) is 0 Å². The van der Waals surface area contributed by atoms with Crippen LogP contribution >= 0.6 is 0 Å². The lowest BCUT2D eigenvalue weighted by Crippen LogP contribution is -2.44. The van der Waals surface area contributed by atoms with Crippen LogP contribution in [0.5, 0.6) is 0 Å². The molecule has 0 aromatic carbocycles. The molecule has 2 aliphatic carbocycles. The Morgan fingerprint density at radius 3 is 2.55 bits per heavy atom. The molecule has 22 heavy (non-hydrogen) atoms. The molecule has 5 nitrogen and oxygen atoms in total. The molecule has 0 amide bonds. The number of aliphatic hydroxyl groups excluding tert-OH is 1. The third-order valence-electron chi connectivity index (χ3n) is 6.49. The molecule has 122 valence electrons. The highest BCUT2D eigenvalue weighted by Crippen LogP contribution is 2.64. The van der Waals surface area contributed by atoms with Gasteiger partial charge in [0.2, 0.25) is 0 Å². The first-order chi connectivity index (χ1) is 10.1. The summed E-state index contributed by atoms with van der Waals surface area (Å²) >= 11 is 0. The summed E-state index contributed by atoms with van der Waals surface area (Å²) in [4.78, 5) is 13.9. The fourth-order valence-electron chi connectivity index (χ4n) is 4.92. The monoisotopic (exact) mass is 325 g/mol. The van der Waals surface area contributed by atoms with Crippen LogP contribution in [0.4, 0.5) is 0 Å². The van der Waals surface area contributed by atoms with Gasteiger partial charge in [-0.25, -0.2) is 8.42 Å². The van der Waals surface area contributed by atoms with Gasteiger partial charge in [0.1, 0.15) is 5.78 Å². The Kier molecular flexibility index (Phi) is 3.78. The van der Waals surface area contributed by atoms with Crippen molar-refractivity contribution in [2.24, 2.45) is 16.7 Å². The van der Waals surface area contributed by atoms with Gasteiger partial charge in [-0.15, -0.1) is 0 Å². The average Bonchev–Trinajstić information content (AvgIpc) is 2.85. The van der Waals surface area contributed by atoms with E-state index in [2.05, 4.69) is 0 Å². The largest absolute Gasteiger partial charge is 0.392 e. The number of sulfone groups is 1. The maximum absolute atomic E-state index is 12.7. The normalized spacial score (nSPS) is 41.4. The molecule has 3 fully saturated rings. The topological polar surface area (TPSA) is 74.7 Å². The van der Waals surface area contributed by atoms with E-state index in [0.29, 0.717) is 31.7 Å². The Bertz CT molecular complexity index is 590. The number of Topliss-reactive ketones (excluding diaryl/α,β-unsaturated/α-hetero) is 1. The maximum atomic E-state index is 12.7. The van der Waals surface area contributed by atoms with Crippen LogP contribution in [0.15, 0.2) is 0 Å². The minimum atomic E-state index is -3.41. The van der Waals surface area contributed by atoms with Crippen LogP contribution in [0, 0.1) is 16.7 Å². The van der Waals surface area contributed by atoms with Gasteiger partial charge in [0.15, 0.2) is 17.8 Å². The van der Waals surface area contributed by atoms with E-state index < -0.39 is 21.4 Å². The van der Waals surface area contributed by atoms with Crippen molar-refractivity contribution in [1.29, 1.82) is 0 Å². The molecule has 0 aromatic heterocycles. The van der Waals surface area contributed by atoms with E-state index in [1.54, 1.807) is 0 Å². The first kappa shape index (κ1) is 16.5. The summed E-state index contributed by atoms with van der Waals surface area (Å²) in [7, 11) is 2.37. The molecule has 4 atom stereocenters. The molecule has 3 rings (SSSR count). The van der Waals surface area contributed by atoms with Crippen molar-refractivity contribution in [2.75, 3.05) is 18.1 Å². The first-order valence-electron chi connectivity index (χ1n) is 8.00. The zero-order chi connectivity index (χ0) is 16.3. The lowest BCUT2D eigenvalue weighted by Gasteiger charge is -2.36. The zero-order valence-electron chi connectivity index (χ0n) is 13.3. The molecule has 1 heterocycles. The van der Waals surface area contributed by atoms with Crippen molar-refractivity contribution in [3.63, 3.8) is 0 Å². The van der Waals surface area contributed by atoms with Gasteiger partial charge < -0.3 is 9.92 Å². The van der Waals surface area contributed by atoms with Gasteiger partial charge in [0.05, 0.1) is 17.6 Å². The Labute approximate surface area is 133 Å². The van der Waals surface area contributed by atoms with Crippen LogP contribution in [0.2, 0.25) is 0 Å². The molecule has 3 aliphatic rings. The molecule has 2 saturated carbocycles. The van der Waals surface area contributed by atoms with Crippen molar-refractivity contribution in [1.82, 2.24) is 4.81 Å². The molecular formula is C15H24BNO4S. The summed E-state index contributed by atoms with van der Waals surface area (Å²) in [6.07, 6.45) is 1.96. The van der Waals surface area contributed by atoms with Crippen LogP contribution in [0.3, 0.4) is 0 Å². The lowest BCUT2D eigenvalue weighted by atomic mass is 9.70. The van der Waals surface area contributed by atoms with Crippen LogP contribution in [-0.4, -0.2) is 62.3 Å². The molecular weight excluding hydrogens is 301 g/mol. The fourth-order valence-corrected chi connectivity index (χ4v) is 7.38. The number of nitrogens with zero attached hydrogens (tertiary/aromatic N) is 1.